The van der Waals surface area contributed by atoms with Gasteiger partial charge in [0, 0.05) is 102 Å². The molecule has 0 bridgehead atoms. The Bertz CT molecular complexity index is 2240. The molecule has 0 saturated carbocycles. The number of hydrogen-bond acceptors (Lipinski definition) is 12. The highest BCUT2D eigenvalue weighted by atomic mass is 16.2. The number of fused-ring (bicyclic) bond motifs is 1. The molecule has 2 atom stereocenters. The van der Waals surface area contributed by atoms with Gasteiger partial charge in [0.15, 0.2) is 11.5 Å². The van der Waals surface area contributed by atoms with E-state index >= 15 is 0 Å². The number of anilines is 5. The number of piperidine rings is 3. The summed E-state index contributed by atoms with van der Waals surface area (Å²) in [6.45, 7) is 13.2. The lowest BCUT2D eigenvalue weighted by molar-refractivity contribution is -0.125. The number of likely N-dealkylation sites (N-methyl/N-ethyl adjacent to an activating group) is 1. The summed E-state index contributed by atoms with van der Waals surface area (Å²) in [6, 6.07) is 13.0. The van der Waals surface area contributed by atoms with Crippen molar-refractivity contribution in [3.8, 4) is 0 Å². The van der Waals surface area contributed by atoms with E-state index in [1.807, 2.05) is 36.2 Å². The fourth-order valence-corrected chi connectivity index (χ4v) is 9.78. The first-order valence-electron chi connectivity index (χ1n) is 21.5. The summed E-state index contributed by atoms with van der Waals surface area (Å²) in [5, 5.41) is 5.98. The number of nitrogens with one attached hydrogen (secondary N) is 2. The van der Waals surface area contributed by atoms with Crippen molar-refractivity contribution in [3.63, 3.8) is 0 Å². The summed E-state index contributed by atoms with van der Waals surface area (Å²) in [5.41, 5.74) is 9.95. The number of nitrogens with zero attached hydrogens (tertiary/aromatic N) is 9. The van der Waals surface area contributed by atoms with Crippen molar-refractivity contribution in [1.29, 1.82) is 0 Å². The van der Waals surface area contributed by atoms with Gasteiger partial charge in [-0.15, -0.1) is 0 Å². The summed E-state index contributed by atoms with van der Waals surface area (Å²) in [6.07, 6.45) is 6.45. The van der Waals surface area contributed by atoms with Gasteiger partial charge in [0.1, 0.15) is 11.9 Å². The van der Waals surface area contributed by atoms with Crippen LogP contribution in [-0.2, 0) is 4.79 Å². The van der Waals surface area contributed by atoms with Gasteiger partial charge in [-0.25, -0.2) is 14.8 Å². The van der Waals surface area contributed by atoms with Gasteiger partial charge in [-0.05, 0) is 86.9 Å². The topological polar surface area (TPSA) is 184 Å². The Morgan fingerprint density at radius 1 is 0.836 bits per heavy atom. The fraction of sp³-hybridized carbons (Fsp3) is 0.477. The third-order valence-corrected chi connectivity index (χ3v) is 13.3. The van der Waals surface area contributed by atoms with E-state index < -0.39 is 23.8 Å². The molecule has 4 N–H and O–H groups in total. The van der Waals surface area contributed by atoms with E-state index in [1.165, 1.54) is 0 Å². The summed E-state index contributed by atoms with van der Waals surface area (Å²) in [4.78, 5) is 87.7. The molecule has 5 fully saturated rings. The van der Waals surface area contributed by atoms with E-state index in [4.69, 9.17) is 10.7 Å². The van der Waals surface area contributed by atoms with Crippen molar-refractivity contribution >= 4 is 58.4 Å². The smallest absolute Gasteiger partial charge is 0.320 e. The molecular formula is C44H54N12O5. The molecule has 6 aliphatic heterocycles. The lowest BCUT2D eigenvalue weighted by Crippen LogP contribution is -2.51. The number of piperazine rings is 1. The Balaban J connectivity index is 0.754. The van der Waals surface area contributed by atoms with Crippen LogP contribution in [0.25, 0.3) is 0 Å². The second kappa shape index (κ2) is 16.7. The van der Waals surface area contributed by atoms with Gasteiger partial charge in [-0.3, -0.25) is 29.0 Å². The average molecular weight is 831 g/mol. The number of imide groups is 1. The second-order valence-electron chi connectivity index (χ2n) is 17.2. The number of hydrogen-bond donors (Lipinski definition) is 3. The number of primary amides is 1. The molecule has 2 aromatic carbocycles. The lowest BCUT2D eigenvalue weighted by Gasteiger charge is -2.40. The van der Waals surface area contributed by atoms with E-state index in [-0.39, 0.29) is 23.7 Å². The third-order valence-electron chi connectivity index (χ3n) is 13.3. The Morgan fingerprint density at radius 3 is 2.26 bits per heavy atom. The molecule has 1 unspecified atom stereocenters. The molecule has 1 aromatic heterocycles. The van der Waals surface area contributed by atoms with Crippen LogP contribution in [0.2, 0.25) is 0 Å². The van der Waals surface area contributed by atoms with Crippen molar-refractivity contribution in [2.45, 2.75) is 50.6 Å². The van der Waals surface area contributed by atoms with Crippen molar-refractivity contribution < 1.29 is 24.0 Å². The molecule has 9 rings (SSSR count). The first kappa shape index (κ1) is 40.2. The number of nitrogens with two attached hydrogens (primary N) is 1. The molecule has 7 heterocycles. The number of aromatic nitrogens is 2. The Kier molecular flexibility index (Phi) is 11.0. The van der Waals surface area contributed by atoms with Crippen LogP contribution in [0, 0.1) is 5.92 Å². The Labute approximate surface area is 355 Å². The van der Waals surface area contributed by atoms with E-state index in [0.717, 1.165) is 113 Å². The van der Waals surface area contributed by atoms with Crippen LogP contribution in [0.4, 0.5) is 33.5 Å². The maximum atomic E-state index is 13.4. The van der Waals surface area contributed by atoms with E-state index in [0.29, 0.717) is 53.8 Å². The molecule has 17 heteroatoms. The molecular weight excluding hydrogens is 777 g/mol. The Morgan fingerprint density at radius 2 is 1.56 bits per heavy atom. The van der Waals surface area contributed by atoms with Gasteiger partial charge < -0.3 is 40.9 Å². The van der Waals surface area contributed by atoms with Crippen molar-refractivity contribution in [3.05, 3.63) is 77.8 Å². The zero-order valence-electron chi connectivity index (χ0n) is 34.7. The van der Waals surface area contributed by atoms with E-state index in [2.05, 4.69) is 53.9 Å². The molecule has 0 aliphatic carbocycles. The summed E-state index contributed by atoms with van der Waals surface area (Å²) < 4.78 is 0. The minimum Gasteiger partial charge on any atom is -0.371 e. The fourth-order valence-electron chi connectivity index (χ4n) is 9.78. The van der Waals surface area contributed by atoms with Crippen LogP contribution in [0.5, 0.6) is 0 Å². The number of rotatable bonds is 10. The molecule has 3 aromatic rings. The van der Waals surface area contributed by atoms with Gasteiger partial charge >= 0.3 is 6.03 Å². The first-order valence-corrected chi connectivity index (χ1v) is 21.5. The van der Waals surface area contributed by atoms with Crippen molar-refractivity contribution in [2.24, 2.45) is 11.7 Å². The maximum Gasteiger partial charge on any atom is 0.320 e. The van der Waals surface area contributed by atoms with Crippen LogP contribution >= 0.6 is 0 Å². The number of carbonyl (C=O) groups is 5. The number of urea groups is 1. The molecule has 17 nitrogen and oxygen atoms in total. The number of benzene rings is 2. The minimum absolute atomic E-state index is 0.0625. The number of allylic oxidation sites excluding steroid dienone is 1. The molecule has 61 heavy (non-hydrogen) atoms. The van der Waals surface area contributed by atoms with Crippen LogP contribution in [0.1, 0.15) is 69.7 Å². The quantitative estimate of drug-likeness (QED) is 0.255. The van der Waals surface area contributed by atoms with Gasteiger partial charge in [0.05, 0.1) is 23.4 Å². The highest BCUT2D eigenvalue weighted by Crippen LogP contribution is 2.33. The average Bonchev–Trinajstić information content (AvgIpc) is 3.73. The van der Waals surface area contributed by atoms with E-state index in [9.17, 15) is 24.0 Å². The molecule has 0 spiro atoms. The zero-order valence-corrected chi connectivity index (χ0v) is 34.7. The van der Waals surface area contributed by atoms with Gasteiger partial charge in [0.2, 0.25) is 5.91 Å². The van der Waals surface area contributed by atoms with Crippen molar-refractivity contribution in [2.75, 3.05) is 99.1 Å². The van der Waals surface area contributed by atoms with Crippen LogP contribution in [0.3, 0.4) is 0 Å². The molecule has 6 amide bonds. The lowest BCUT2D eigenvalue weighted by atomic mass is 9.95. The van der Waals surface area contributed by atoms with Crippen LogP contribution < -0.4 is 31.1 Å². The van der Waals surface area contributed by atoms with Crippen molar-refractivity contribution in [1.82, 2.24) is 34.9 Å². The van der Waals surface area contributed by atoms with Gasteiger partial charge in [-0.2, -0.15) is 0 Å². The molecule has 320 valence electrons. The standard InChI is InChI=1S/C44H54N12O5/c1-28-5-12-36(41(58)47-28)56-42(59)34-11-10-32(24-35(34)43(56)60)52-16-13-29(14-17-52)26-51-19-21-53(22-20-51)31-8-6-30(7-9-31)48-40-38(39(45)57)46-25-37(49-40)54-15-3-4-33(27-54)55-23-18-50(2)44(55)61/h6-11,24-25,29,33,36H,1,3-5,12-23,26-27H2,2H3,(H2,45,57)(H,47,58)(H,48,49)/t33-,36?/m1/s1. The maximum absolute atomic E-state index is 13.4. The monoisotopic (exact) mass is 830 g/mol. The predicted molar refractivity (Wildman–Crippen MR) is 231 cm³/mol. The highest BCUT2D eigenvalue weighted by molar-refractivity contribution is 6.23. The van der Waals surface area contributed by atoms with Crippen LogP contribution in [-0.4, -0.2) is 150 Å². The van der Waals surface area contributed by atoms with Gasteiger partial charge in [0.25, 0.3) is 17.7 Å². The zero-order chi connectivity index (χ0) is 42.4. The highest BCUT2D eigenvalue weighted by Gasteiger charge is 2.44. The SMILES string of the molecule is C=C1CCC(N2C(=O)c3ccc(N4CCC(CN5CCN(c6ccc(Nc7nc(N8CCC[C@@H](N9CCN(C)C9=O)C8)cnc7C(N)=O)cc6)CC5)CC4)cc3C2=O)C(=O)N1. The summed E-state index contributed by atoms with van der Waals surface area (Å²) >= 11 is 0. The second-order valence-corrected chi connectivity index (χ2v) is 17.2. The largest absolute Gasteiger partial charge is 0.371 e. The molecule has 0 radical (unpaired) electrons. The number of carbonyl (C=O) groups excluding carboxylic acids is 5. The summed E-state index contributed by atoms with van der Waals surface area (Å²) in [5.74, 6) is -0.315. The molecule has 6 aliphatic rings. The normalized spacial score (nSPS) is 22.9. The number of amides is 6. The van der Waals surface area contributed by atoms with Crippen LogP contribution in [0.15, 0.2) is 60.9 Å². The first-order chi connectivity index (χ1) is 29.5. The summed E-state index contributed by atoms with van der Waals surface area (Å²) in [7, 11) is 1.83. The third kappa shape index (κ3) is 8.05. The van der Waals surface area contributed by atoms with Gasteiger partial charge in [-0.1, -0.05) is 6.58 Å². The molecule has 5 saturated heterocycles. The Hall–Kier alpha value is -6.23. The van der Waals surface area contributed by atoms with E-state index in [1.54, 1.807) is 17.2 Å². The predicted octanol–water partition coefficient (Wildman–Crippen LogP) is 3.08. The minimum atomic E-state index is -0.815.